The number of nitrogen functional groups attached to an aromatic ring is 1. The molecule has 0 fully saturated rings. The molecule has 0 saturated carbocycles. The lowest BCUT2D eigenvalue weighted by Crippen LogP contribution is -2.19. The van der Waals surface area contributed by atoms with Crippen molar-refractivity contribution in [1.29, 1.82) is 0 Å². The topological polar surface area (TPSA) is 127 Å². The van der Waals surface area contributed by atoms with Gasteiger partial charge in [-0.3, -0.25) is 9.13 Å². The highest BCUT2D eigenvalue weighted by Crippen LogP contribution is 2.32. The van der Waals surface area contributed by atoms with Crippen LogP contribution in [-0.2, 0) is 27.2 Å². The quantitative estimate of drug-likeness (QED) is 0.458. The van der Waals surface area contributed by atoms with E-state index < -0.39 is 0 Å². The molecule has 3 N–H and O–H groups in total. The molecule has 0 spiro atoms. The van der Waals surface area contributed by atoms with Crippen molar-refractivity contribution in [3.63, 3.8) is 0 Å². The number of nitrogens with two attached hydrogens (primary N) is 1. The van der Waals surface area contributed by atoms with Crippen LogP contribution >= 0.6 is 0 Å². The van der Waals surface area contributed by atoms with Crippen LogP contribution in [0.15, 0.2) is 41.2 Å². The molecule has 2 aromatic carbocycles. The van der Waals surface area contributed by atoms with Gasteiger partial charge in [-0.2, -0.15) is 0 Å². The second-order valence-corrected chi connectivity index (χ2v) is 6.74. The minimum atomic E-state index is -0.0666. The van der Waals surface area contributed by atoms with E-state index in [0.29, 0.717) is 24.7 Å². The van der Waals surface area contributed by atoms with Gasteiger partial charge in [-0.15, -0.1) is 4.79 Å². The number of nitrogens with zero attached hydrogens (tertiary/aromatic N) is 6. The maximum Gasteiger partial charge on any atom is 0.328 e. The van der Waals surface area contributed by atoms with E-state index in [1.165, 1.54) is 4.79 Å². The molecule has 0 bridgehead atoms. The second kappa shape index (κ2) is 7.78. The Labute approximate surface area is 171 Å². The van der Waals surface area contributed by atoms with Gasteiger partial charge in [-0.05, 0) is 34.2 Å². The van der Waals surface area contributed by atoms with Crippen molar-refractivity contribution >= 4 is 17.0 Å². The summed E-state index contributed by atoms with van der Waals surface area (Å²) in [6.45, 7) is 0.674. The number of rotatable bonds is 7. The van der Waals surface area contributed by atoms with E-state index in [-0.39, 0.29) is 11.6 Å². The number of hydrogen-bond acceptors (Lipinski definition) is 8. The van der Waals surface area contributed by atoms with Crippen molar-refractivity contribution in [3.8, 4) is 11.5 Å². The van der Waals surface area contributed by atoms with Crippen molar-refractivity contribution in [2.45, 2.75) is 13.2 Å². The SMILES string of the molecule is COc1cccc(CNn2nnnc2N)c1OCc1ccc2c(c1)n(C)c(=O)n2C. The smallest absolute Gasteiger partial charge is 0.328 e. The number of hydrogen-bond donors (Lipinski definition) is 2. The number of aryl methyl sites for hydroxylation is 2. The largest absolute Gasteiger partial charge is 0.493 e. The van der Waals surface area contributed by atoms with E-state index >= 15 is 0 Å². The maximum atomic E-state index is 12.1. The van der Waals surface area contributed by atoms with E-state index in [4.69, 9.17) is 15.2 Å². The molecule has 0 amide bonds. The Morgan fingerprint density at radius 3 is 2.67 bits per heavy atom. The van der Waals surface area contributed by atoms with Gasteiger partial charge in [0.2, 0.25) is 0 Å². The summed E-state index contributed by atoms with van der Waals surface area (Å²) < 4.78 is 14.8. The van der Waals surface area contributed by atoms with Gasteiger partial charge in [-0.25, -0.2) is 4.79 Å². The van der Waals surface area contributed by atoms with Gasteiger partial charge in [-0.1, -0.05) is 23.3 Å². The third kappa shape index (κ3) is 3.41. The lowest BCUT2D eigenvalue weighted by Gasteiger charge is -2.16. The zero-order chi connectivity index (χ0) is 21.3. The van der Waals surface area contributed by atoms with Crippen molar-refractivity contribution in [3.05, 3.63) is 58.0 Å². The molecule has 4 aromatic rings. The lowest BCUT2D eigenvalue weighted by molar-refractivity contribution is 0.281. The standard InChI is InChI=1S/C19H22N8O3/c1-25-14-8-7-12(9-15(14)26(2)19(25)28)11-30-17-13(5-4-6-16(17)29-3)10-21-27-18(20)22-23-24-27/h4-9,21H,10-11H2,1-3H3,(H2,20,22,24). The average Bonchev–Trinajstić information content (AvgIpc) is 3.27. The Kier molecular flexibility index (Phi) is 5.00. The van der Waals surface area contributed by atoms with Gasteiger partial charge >= 0.3 is 5.69 Å². The number of methoxy groups -OCH3 is 1. The highest BCUT2D eigenvalue weighted by molar-refractivity contribution is 5.76. The van der Waals surface area contributed by atoms with Crippen molar-refractivity contribution in [1.82, 2.24) is 29.5 Å². The molecule has 0 saturated heterocycles. The molecule has 30 heavy (non-hydrogen) atoms. The molecular weight excluding hydrogens is 388 g/mol. The van der Waals surface area contributed by atoms with Crippen LogP contribution in [0, 0.1) is 0 Å². The van der Waals surface area contributed by atoms with E-state index in [0.717, 1.165) is 22.2 Å². The summed E-state index contributed by atoms with van der Waals surface area (Å²) in [5.74, 6) is 1.36. The number of tetrazole rings is 1. The van der Waals surface area contributed by atoms with E-state index in [1.54, 1.807) is 30.3 Å². The lowest BCUT2D eigenvalue weighted by atomic mass is 10.1. The predicted octanol–water partition coefficient (Wildman–Crippen LogP) is 0.777. The van der Waals surface area contributed by atoms with Crippen LogP contribution < -0.4 is 26.3 Å². The van der Waals surface area contributed by atoms with Crippen molar-refractivity contribution in [2.24, 2.45) is 14.1 Å². The van der Waals surface area contributed by atoms with Gasteiger partial charge in [0.05, 0.1) is 24.7 Å². The summed E-state index contributed by atoms with van der Waals surface area (Å²) in [7, 11) is 5.10. The summed E-state index contributed by atoms with van der Waals surface area (Å²) in [6, 6.07) is 11.4. The number of para-hydroxylation sites is 1. The molecule has 2 aromatic heterocycles. The fraction of sp³-hybridized carbons (Fsp3) is 0.263. The number of imidazole rings is 1. The number of aromatic nitrogens is 6. The first-order valence-corrected chi connectivity index (χ1v) is 9.20. The number of ether oxygens (including phenoxy) is 2. The first-order chi connectivity index (χ1) is 14.5. The molecule has 0 aliphatic rings. The molecule has 11 heteroatoms. The normalized spacial score (nSPS) is 11.0. The highest BCUT2D eigenvalue weighted by atomic mass is 16.5. The molecule has 156 valence electrons. The van der Waals surface area contributed by atoms with Crippen LogP contribution in [0.5, 0.6) is 11.5 Å². The Morgan fingerprint density at radius 1 is 1.13 bits per heavy atom. The first kappa shape index (κ1) is 19.3. The van der Waals surface area contributed by atoms with Crippen LogP contribution in [0.25, 0.3) is 11.0 Å². The van der Waals surface area contributed by atoms with Crippen LogP contribution in [-0.4, -0.2) is 36.6 Å². The predicted molar refractivity (Wildman–Crippen MR) is 111 cm³/mol. The summed E-state index contributed by atoms with van der Waals surface area (Å²) >= 11 is 0. The molecule has 0 radical (unpaired) electrons. The van der Waals surface area contributed by atoms with Gasteiger partial charge in [0, 0.05) is 19.7 Å². The maximum absolute atomic E-state index is 12.1. The number of benzene rings is 2. The minimum absolute atomic E-state index is 0.0666. The second-order valence-electron chi connectivity index (χ2n) is 6.74. The third-order valence-electron chi connectivity index (χ3n) is 4.91. The first-order valence-electron chi connectivity index (χ1n) is 9.20. The van der Waals surface area contributed by atoms with Crippen LogP contribution in [0.3, 0.4) is 0 Å². The molecule has 2 heterocycles. The van der Waals surface area contributed by atoms with E-state index in [2.05, 4.69) is 21.0 Å². The van der Waals surface area contributed by atoms with Gasteiger partial charge in [0.15, 0.2) is 11.5 Å². The molecule has 11 nitrogen and oxygen atoms in total. The van der Waals surface area contributed by atoms with E-state index in [1.807, 2.05) is 36.4 Å². The van der Waals surface area contributed by atoms with Crippen molar-refractivity contribution < 1.29 is 9.47 Å². The zero-order valence-electron chi connectivity index (χ0n) is 16.9. The Hall–Kier alpha value is -4.02. The fourth-order valence-electron chi connectivity index (χ4n) is 3.29. The number of anilines is 1. The molecule has 0 atom stereocenters. The molecule has 0 unspecified atom stereocenters. The summed E-state index contributed by atoms with van der Waals surface area (Å²) in [6.07, 6.45) is 0. The Morgan fingerprint density at radius 2 is 1.93 bits per heavy atom. The van der Waals surface area contributed by atoms with Gasteiger partial charge < -0.3 is 20.6 Å². The third-order valence-corrected chi connectivity index (χ3v) is 4.91. The van der Waals surface area contributed by atoms with Gasteiger partial charge in [0.1, 0.15) is 6.61 Å². The highest BCUT2D eigenvalue weighted by Gasteiger charge is 2.13. The molecule has 0 aliphatic carbocycles. The molecular formula is C19H22N8O3. The monoisotopic (exact) mass is 410 g/mol. The zero-order valence-corrected chi connectivity index (χ0v) is 16.9. The van der Waals surface area contributed by atoms with Crippen LogP contribution in [0.4, 0.5) is 5.95 Å². The Bertz CT molecular complexity index is 1260. The van der Waals surface area contributed by atoms with E-state index in [9.17, 15) is 4.79 Å². The van der Waals surface area contributed by atoms with Crippen LogP contribution in [0.2, 0.25) is 0 Å². The summed E-state index contributed by atoms with van der Waals surface area (Å²) in [5, 5.41) is 10.9. The minimum Gasteiger partial charge on any atom is -0.493 e. The summed E-state index contributed by atoms with van der Waals surface area (Å²) in [5.41, 5.74) is 12.1. The average molecular weight is 410 g/mol. The van der Waals surface area contributed by atoms with Crippen molar-refractivity contribution in [2.75, 3.05) is 18.3 Å². The number of fused-ring (bicyclic) bond motifs is 1. The fourth-order valence-corrected chi connectivity index (χ4v) is 3.29. The summed E-state index contributed by atoms with van der Waals surface area (Å²) in [4.78, 5) is 13.4. The molecule has 4 rings (SSSR count). The van der Waals surface area contributed by atoms with Gasteiger partial charge in [0.25, 0.3) is 5.95 Å². The van der Waals surface area contributed by atoms with Crippen LogP contribution in [0.1, 0.15) is 11.1 Å². The molecule has 0 aliphatic heterocycles. The number of nitrogens with one attached hydrogen (secondary N) is 1. The Balaban J connectivity index is 1.58.